The Bertz CT molecular complexity index is 926. The van der Waals surface area contributed by atoms with Crippen molar-refractivity contribution in [3.05, 3.63) is 78.1 Å². The van der Waals surface area contributed by atoms with E-state index in [0.717, 1.165) is 12.1 Å². The van der Waals surface area contributed by atoms with Crippen molar-refractivity contribution in [2.75, 3.05) is 11.9 Å². The summed E-state index contributed by atoms with van der Waals surface area (Å²) in [5, 5.41) is 2.04. The molecule has 5 nitrogen and oxygen atoms in total. The van der Waals surface area contributed by atoms with Crippen LogP contribution in [-0.2, 0) is 14.3 Å². The highest BCUT2D eigenvalue weighted by Gasteiger charge is 2.20. The molecule has 0 heterocycles. The van der Waals surface area contributed by atoms with Crippen LogP contribution in [0.5, 0.6) is 5.75 Å². The lowest BCUT2D eigenvalue weighted by Gasteiger charge is -2.13. The van der Waals surface area contributed by atoms with E-state index in [4.69, 9.17) is 9.47 Å². The molecule has 0 aromatic heterocycles. The summed E-state index contributed by atoms with van der Waals surface area (Å²) in [4.78, 5) is 23.8. The number of carbonyl (C=O) groups is 2. The van der Waals surface area contributed by atoms with Gasteiger partial charge in [-0.15, -0.1) is 0 Å². The van der Waals surface area contributed by atoms with Gasteiger partial charge in [0.05, 0.1) is 5.69 Å². The summed E-state index contributed by atoms with van der Waals surface area (Å²) < 4.78 is 49.9. The van der Waals surface area contributed by atoms with Gasteiger partial charge in [-0.1, -0.05) is 24.8 Å². The number of nitrogens with one attached hydrogen (secondary N) is 1. The molecule has 2 aromatic carbocycles. The molecule has 152 valence electrons. The predicted octanol–water partition coefficient (Wildman–Crippen LogP) is 4.25. The lowest BCUT2D eigenvalue weighted by molar-refractivity contribution is -0.148. The van der Waals surface area contributed by atoms with Gasteiger partial charge in [-0.2, -0.15) is 0 Å². The zero-order chi connectivity index (χ0) is 21.4. The Kier molecular flexibility index (Phi) is 7.59. The van der Waals surface area contributed by atoms with Gasteiger partial charge in [0.2, 0.25) is 0 Å². The molecule has 2 aromatic rings. The van der Waals surface area contributed by atoms with Crippen LogP contribution in [0.2, 0.25) is 0 Å². The fraction of sp³-hybridized carbons (Fsp3) is 0.143. The molecule has 1 atom stereocenters. The van der Waals surface area contributed by atoms with Crippen LogP contribution in [0.15, 0.2) is 55.1 Å². The van der Waals surface area contributed by atoms with Crippen molar-refractivity contribution in [2.24, 2.45) is 0 Å². The highest BCUT2D eigenvalue weighted by Crippen LogP contribution is 2.20. The van der Waals surface area contributed by atoms with E-state index in [9.17, 15) is 22.8 Å². The number of benzene rings is 2. The highest BCUT2D eigenvalue weighted by atomic mass is 19.2. The second kappa shape index (κ2) is 10.1. The van der Waals surface area contributed by atoms with Gasteiger partial charge in [-0.25, -0.2) is 18.0 Å². The summed E-state index contributed by atoms with van der Waals surface area (Å²) in [7, 11) is 0. The minimum Gasteiger partial charge on any atom is -0.490 e. The van der Waals surface area contributed by atoms with Crippen LogP contribution in [0.1, 0.15) is 12.5 Å². The largest absolute Gasteiger partial charge is 0.490 e. The number of hydrogen-bond donors (Lipinski definition) is 1. The fourth-order valence-electron chi connectivity index (χ4n) is 2.12. The van der Waals surface area contributed by atoms with Gasteiger partial charge in [-0.05, 0) is 42.8 Å². The zero-order valence-electron chi connectivity index (χ0n) is 15.5. The number of esters is 1. The molecular weight excluding hydrogens is 387 g/mol. The van der Waals surface area contributed by atoms with Crippen molar-refractivity contribution in [2.45, 2.75) is 13.0 Å². The van der Waals surface area contributed by atoms with E-state index < -0.39 is 41.1 Å². The van der Waals surface area contributed by atoms with Crippen LogP contribution in [-0.4, -0.2) is 24.6 Å². The molecule has 0 aliphatic carbocycles. The summed E-state index contributed by atoms with van der Waals surface area (Å²) in [5.41, 5.74) is 0.125. The average molecular weight is 405 g/mol. The predicted molar refractivity (Wildman–Crippen MR) is 102 cm³/mol. The number of amides is 1. The van der Waals surface area contributed by atoms with Crippen LogP contribution in [0.3, 0.4) is 0 Å². The van der Waals surface area contributed by atoms with Gasteiger partial charge in [0.1, 0.15) is 12.4 Å². The molecule has 1 unspecified atom stereocenters. The maximum Gasteiger partial charge on any atom is 0.331 e. The van der Waals surface area contributed by atoms with E-state index >= 15 is 0 Å². The van der Waals surface area contributed by atoms with Gasteiger partial charge in [0, 0.05) is 6.08 Å². The monoisotopic (exact) mass is 405 g/mol. The van der Waals surface area contributed by atoms with Crippen molar-refractivity contribution in [1.82, 2.24) is 0 Å². The minimum absolute atomic E-state index is 0.371. The maximum absolute atomic E-state index is 13.6. The Morgan fingerprint density at radius 2 is 1.79 bits per heavy atom. The Labute approximate surface area is 165 Å². The third-order valence-electron chi connectivity index (χ3n) is 3.62. The molecule has 0 spiro atoms. The number of carbonyl (C=O) groups excluding carboxylic acids is 2. The van der Waals surface area contributed by atoms with Gasteiger partial charge >= 0.3 is 5.97 Å². The van der Waals surface area contributed by atoms with E-state index in [1.165, 1.54) is 13.0 Å². The molecule has 2 rings (SSSR count). The van der Waals surface area contributed by atoms with E-state index in [-0.39, 0.29) is 0 Å². The van der Waals surface area contributed by atoms with Crippen molar-refractivity contribution >= 4 is 23.6 Å². The summed E-state index contributed by atoms with van der Waals surface area (Å²) >= 11 is 0. The van der Waals surface area contributed by atoms with E-state index in [0.29, 0.717) is 24.0 Å². The van der Waals surface area contributed by atoms with E-state index in [2.05, 4.69) is 6.58 Å². The maximum atomic E-state index is 13.6. The van der Waals surface area contributed by atoms with Crippen LogP contribution in [0.4, 0.5) is 18.9 Å². The Hall–Kier alpha value is -3.55. The van der Waals surface area contributed by atoms with Gasteiger partial charge < -0.3 is 14.8 Å². The number of anilines is 1. The summed E-state index contributed by atoms with van der Waals surface area (Å²) in [6.07, 6.45) is 2.90. The van der Waals surface area contributed by atoms with Gasteiger partial charge in [0.15, 0.2) is 23.6 Å². The quantitative estimate of drug-likeness (QED) is 0.309. The molecule has 0 bridgehead atoms. The van der Waals surface area contributed by atoms with Crippen LogP contribution < -0.4 is 10.1 Å². The zero-order valence-corrected chi connectivity index (χ0v) is 15.5. The molecular formula is C21H18F3NO4. The summed E-state index contributed by atoms with van der Waals surface area (Å²) in [6.45, 7) is 5.17. The Morgan fingerprint density at radius 3 is 2.45 bits per heavy atom. The number of ether oxygens (including phenoxy) is 2. The molecule has 0 radical (unpaired) electrons. The molecule has 0 aliphatic heterocycles. The summed E-state index contributed by atoms with van der Waals surface area (Å²) in [6, 6.07) is 8.37. The first-order chi connectivity index (χ1) is 13.8. The smallest absolute Gasteiger partial charge is 0.331 e. The standard InChI is InChI=1S/C21H18F3NO4/c1-3-12-28-15-7-4-14(5-8-15)6-11-18(26)29-13(2)21(27)25-17-10-9-16(22)19(23)20(17)24/h3-11,13H,1,12H2,2H3,(H,25,27)/b11-6+. The summed E-state index contributed by atoms with van der Waals surface area (Å²) in [5.74, 6) is -5.72. The second-order valence-electron chi connectivity index (χ2n) is 5.79. The van der Waals surface area contributed by atoms with Crippen LogP contribution in [0, 0.1) is 17.5 Å². The van der Waals surface area contributed by atoms with Crippen molar-refractivity contribution in [1.29, 1.82) is 0 Å². The van der Waals surface area contributed by atoms with Crippen molar-refractivity contribution in [3.8, 4) is 5.75 Å². The van der Waals surface area contributed by atoms with Gasteiger partial charge in [0.25, 0.3) is 5.91 Å². The number of hydrogen-bond acceptors (Lipinski definition) is 4. The van der Waals surface area contributed by atoms with Crippen LogP contribution in [0.25, 0.3) is 6.08 Å². The average Bonchev–Trinajstić information content (AvgIpc) is 2.71. The van der Waals surface area contributed by atoms with E-state index in [1.807, 2.05) is 5.32 Å². The molecule has 0 fully saturated rings. The first-order valence-electron chi connectivity index (χ1n) is 8.48. The van der Waals surface area contributed by atoms with E-state index in [1.54, 1.807) is 30.3 Å². The van der Waals surface area contributed by atoms with Crippen molar-refractivity contribution < 1.29 is 32.2 Å². The minimum atomic E-state index is -1.71. The topological polar surface area (TPSA) is 64.6 Å². The van der Waals surface area contributed by atoms with Gasteiger partial charge in [-0.3, -0.25) is 4.79 Å². The first kappa shape index (κ1) is 21.7. The Balaban J connectivity index is 1.91. The third kappa shape index (κ3) is 6.24. The number of halogens is 3. The number of rotatable bonds is 8. The SMILES string of the molecule is C=CCOc1ccc(/C=C/C(=O)OC(C)C(=O)Nc2ccc(F)c(F)c2F)cc1. The third-order valence-corrected chi connectivity index (χ3v) is 3.62. The van der Waals surface area contributed by atoms with Crippen LogP contribution >= 0.6 is 0 Å². The molecule has 8 heteroatoms. The normalized spacial score (nSPS) is 11.7. The second-order valence-corrected chi connectivity index (χ2v) is 5.79. The molecule has 1 N–H and O–H groups in total. The lowest BCUT2D eigenvalue weighted by Crippen LogP contribution is -2.29. The van der Waals surface area contributed by atoms with Crippen molar-refractivity contribution in [3.63, 3.8) is 0 Å². The lowest BCUT2D eigenvalue weighted by atomic mass is 10.2. The molecule has 0 aliphatic rings. The molecule has 1 amide bonds. The Morgan fingerprint density at radius 1 is 1.10 bits per heavy atom. The molecule has 29 heavy (non-hydrogen) atoms. The first-order valence-corrected chi connectivity index (χ1v) is 8.48. The molecule has 0 saturated heterocycles. The molecule has 0 saturated carbocycles. The highest BCUT2D eigenvalue weighted by molar-refractivity contribution is 5.96. The fourth-order valence-corrected chi connectivity index (χ4v) is 2.12.